The van der Waals surface area contributed by atoms with Gasteiger partial charge in [0.05, 0.1) is 13.2 Å². The van der Waals surface area contributed by atoms with Crippen LogP contribution in [-0.4, -0.2) is 37.9 Å². The molecule has 0 unspecified atom stereocenters. The average Bonchev–Trinajstić information content (AvgIpc) is 2.03. The smallest absolute Gasteiger partial charge is 0.0608 e. The fourth-order valence-electron chi connectivity index (χ4n) is 0.959. The van der Waals surface area contributed by atoms with E-state index in [0.717, 1.165) is 39.3 Å². The topological polar surface area (TPSA) is 24.5 Å². The zero-order chi connectivity index (χ0) is 7.23. The molecule has 0 aromatic rings. The molecule has 1 aliphatic heterocycles. The monoisotopic (exact) mass is 143 g/mol. The summed E-state index contributed by atoms with van der Waals surface area (Å²) < 4.78 is 5.18. The van der Waals surface area contributed by atoms with Crippen LogP contribution in [0.3, 0.4) is 0 Å². The Morgan fingerprint density at radius 3 is 2.70 bits per heavy atom. The lowest BCUT2D eigenvalue weighted by Gasteiger charge is -2.26. The van der Waals surface area contributed by atoms with E-state index >= 15 is 0 Å². The van der Waals surface area contributed by atoms with Crippen LogP contribution in [0.4, 0.5) is 0 Å². The fourth-order valence-corrected chi connectivity index (χ4v) is 0.959. The number of rotatable bonds is 3. The predicted molar refractivity (Wildman–Crippen MR) is 40.4 cm³/mol. The molecule has 0 aromatic carbocycles. The van der Waals surface area contributed by atoms with Crippen LogP contribution in [-0.2, 0) is 4.74 Å². The molecule has 1 saturated heterocycles. The molecule has 1 fully saturated rings. The van der Waals surface area contributed by atoms with Crippen LogP contribution in [0.15, 0.2) is 0 Å². The van der Waals surface area contributed by atoms with Crippen molar-refractivity contribution in [3.05, 3.63) is 6.92 Å². The summed E-state index contributed by atoms with van der Waals surface area (Å²) in [5, 5.41) is 2.19. The zero-order valence-corrected chi connectivity index (χ0v) is 6.31. The molecule has 0 atom stereocenters. The number of hydrogen-bond donors (Lipinski definition) is 1. The summed E-state index contributed by atoms with van der Waals surface area (Å²) in [6.45, 7) is 8.42. The fraction of sp³-hybridized carbons (Fsp3) is 0.857. The summed E-state index contributed by atoms with van der Waals surface area (Å²) in [7, 11) is 0. The van der Waals surface area contributed by atoms with Crippen molar-refractivity contribution in [2.24, 2.45) is 0 Å². The van der Waals surface area contributed by atoms with E-state index in [9.17, 15) is 0 Å². The predicted octanol–water partition coefficient (Wildman–Crippen LogP) is 0.0474. The lowest BCUT2D eigenvalue weighted by molar-refractivity contribution is 0.0124. The van der Waals surface area contributed by atoms with Crippen molar-refractivity contribution in [1.29, 1.82) is 0 Å². The maximum atomic E-state index is 5.18. The van der Waals surface area contributed by atoms with Crippen LogP contribution >= 0.6 is 0 Å². The Morgan fingerprint density at radius 1 is 1.40 bits per heavy atom. The van der Waals surface area contributed by atoms with Gasteiger partial charge in [0.15, 0.2) is 0 Å². The molecule has 59 valence electrons. The number of nitrogens with zero attached hydrogens (tertiary/aromatic N) is 1. The second-order valence-electron chi connectivity index (χ2n) is 2.36. The van der Waals surface area contributed by atoms with Crippen molar-refractivity contribution < 1.29 is 4.74 Å². The quantitative estimate of drug-likeness (QED) is 0.604. The molecule has 3 heteroatoms. The second-order valence-corrected chi connectivity index (χ2v) is 2.36. The number of nitrogens with one attached hydrogen (secondary N) is 1. The molecule has 1 radical (unpaired) electrons. The molecule has 0 bridgehead atoms. The molecule has 1 heterocycles. The van der Waals surface area contributed by atoms with E-state index < -0.39 is 0 Å². The van der Waals surface area contributed by atoms with Crippen LogP contribution in [0, 0.1) is 6.92 Å². The number of ether oxygens (including phenoxy) is 1. The first kappa shape index (κ1) is 7.98. The normalized spacial score (nSPS) is 21.3. The van der Waals surface area contributed by atoms with Crippen molar-refractivity contribution in [1.82, 2.24) is 10.4 Å². The summed E-state index contributed by atoms with van der Waals surface area (Å²) in [4.78, 5) is 0. The maximum absolute atomic E-state index is 5.18. The SMILES string of the molecule is [CH2]CCNN1CCOCC1. The van der Waals surface area contributed by atoms with Gasteiger partial charge >= 0.3 is 0 Å². The summed E-state index contributed by atoms with van der Waals surface area (Å²) in [6.07, 6.45) is 0.942. The van der Waals surface area contributed by atoms with Gasteiger partial charge in [-0.2, -0.15) is 0 Å². The summed E-state index contributed by atoms with van der Waals surface area (Å²) in [6, 6.07) is 0. The minimum Gasteiger partial charge on any atom is -0.379 e. The third-order valence-corrected chi connectivity index (χ3v) is 1.52. The minimum absolute atomic E-state index is 0.851. The summed E-state index contributed by atoms with van der Waals surface area (Å²) in [5.74, 6) is 0. The van der Waals surface area contributed by atoms with E-state index in [1.165, 1.54) is 0 Å². The second kappa shape index (κ2) is 4.66. The van der Waals surface area contributed by atoms with Crippen molar-refractivity contribution in [2.75, 3.05) is 32.8 Å². The van der Waals surface area contributed by atoms with Gasteiger partial charge in [-0.3, -0.25) is 5.43 Å². The van der Waals surface area contributed by atoms with E-state index in [4.69, 9.17) is 4.74 Å². The van der Waals surface area contributed by atoms with Gasteiger partial charge in [0.1, 0.15) is 0 Å². The van der Waals surface area contributed by atoms with Crippen LogP contribution in [0.2, 0.25) is 0 Å². The molecule has 0 aromatic heterocycles. The van der Waals surface area contributed by atoms with Gasteiger partial charge in [0.2, 0.25) is 0 Å². The van der Waals surface area contributed by atoms with Gasteiger partial charge in [-0.1, -0.05) is 6.92 Å². The Hall–Kier alpha value is -0.120. The molecular formula is C7H15N2O. The molecule has 1 rings (SSSR count). The highest BCUT2D eigenvalue weighted by molar-refractivity contribution is 4.56. The van der Waals surface area contributed by atoms with E-state index in [2.05, 4.69) is 17.4 Å². The Kier molecular flexibility index (Phi) is 3.72. The number of morpholine rings is 1. The molecule has 0 saturated carbocycles. The van der Waals surface area contributed by atoms with Crippen molar-refractivity contribution in [2.45, 2.75) is 6.42 Å². The lowest BCUT2D eigenvalue weighted by Crippen LogP contribution is -2.45. The van der Waals surface area contributed by atoms with Crippen molar-refractivity contribution >= 4 is 0 Å². The molecule has 0 spiro atoms. The minimum atomic E-state index is 0.851. The lowest BCUT2D eigenvalue weighted by atomic mass is 10.5. The molecular weight excluding hydrogens is 128 g/mol. The Balaban J connectivity index is 2.02. The van der Waals surface area contributed by atoms with Gasteiger partial charge in [-0.25, -0.2) is 5.01 Å². The molecule has 1 N–H and O–H groups in total. The number of hydrogen-bond acceptors (Lipinski definition) is 3. The maximum Gasteiger partial charge on any atom is 0.0608 e. The Bertz CT molecular complexity index is 81.7. The summed E-state index contributed by atoms with van der Waals surface area (Å²) in [5.41, 5.74) is 3.26. The van der Waals surface area contributed by atoms with Gasteiger partial charge in [-0.15, -0.1) is 0 Å². The first-order valence-electron chi connectivity index (χ1n) is 3.79. The summed E-state index contributed by atoms with van der Waals surface area (Å²) >= 11 is 0. The van der Waals surface area contributed by atoms with Gasteiger partial charge < -0.3 is 4.74 Å². The first-order valence-corrected chi connectivity index (χ1v) is 3.79. The van der Waals surface area contributed by atoms with E-state index in [1.54, 1.807) is 0 Å². The Morgan fingerprint density at radius 2 is 2.10 bits per heavy atom. The average molecular weight is 143 g/mol. The first-order chi connectivity index (χ1) is 4.93. The van der Waals surface area contributed by atoms with Crippen LogP contribution in [0.25, 0.3) is 0 Å². The molecule has 0 aliphatic carbocycles. The molecule has 1 aliphatic rings. The van der Waals surface area contributed by atoms with Crippen molar-refractivity contribution in [3.63, 3.8) is 0 Å². The van der Waals surface area contributed by atoms with Gasteiger partial charge in [0, 0.05) is 19.6 Å². The third-order valence-electron chi connectivity index (χ3n) is 1.52. The highest BCUT2D eigenvalue weighted by Gasteiger charge is 2.07. The van der Waals surface area contributed by atoms with E-state index in [0.29, 0.717) is 0 Å². The van der Waals surface area contributed by atoms with Gasteiger partial charge in [0.25, 0.3) is 0 Å². The van der Waals surface area contributed by atoms with Crippen LogP contribution in [0.5, 0.6) is 0 Å². The van der Waals surface area contributed by atoms with Crippen LogP contribution in [0.1, 0.15) is 6.42 Å². The molecule has 10 heavy (non-hydrogen) atoms. The molecule has 0 amide bonds. The highest BCUT2D eigenvalue weighted by atomic mass is 16.5. The highest BCUT2D eigenvalue weighted by Crippen LogP contribution is 1.91. The molecule has 3 nitrogen and oxygen atoms in total. The largest absolute Gasteiger partial charge is 0.379 e. The standard InChI is InChI=1S/C7H15N2O/c1-2-3-8-9-4-6-10-7-5-9/h8H,1-7H2. The van der Waals surface area contributed by atoms with E-state index in [-0.39, 0.29) is 0 Å². The van der Waals surface area contributed by atoms with Crippen LogP contribution < -0.4 is 5.43 Å². The number of hydrazine groups is 1. The Labute approximate surface area is 62.3 Å². The van der Waals surface area contributed by atoms with Crippen molar-refractivity contribution in [3.8, 4) is 0 Å². The van der Waals surface area contributed by atoms with Gasteiger partial charge in [-0.05, 0) is 6.42 Å². The van der Waals surface area contributed by atoms with E-state index in [1.807, 2.05) is 0 Å². The zero-order valence-electron chi connectivity index (χ0n) is 6.31. The third kappa shape index (κ3) is 2.64.